The Morgan fingerprint density at radius 3 is 2.67 bits per heavy atom. The summed E-state index contributed by atoms with van der Waals surface area (Å²) < 4.78 is 1.63. The van der Waals surface area contributed by atoms with Crippen LogP contribution in [0.1, 0.15) is 0 Å². The molecule has 0 fully saturated rings. The van der Waals surface area contributed by atoms with E-state index in [-0.39, 0.29) is 0 Å². The molecule has 0 bridgehead atoms. The lowest BCUT2D eigenvalue weighted by molar-refractivity contribution is 0.664. The molecule has 0 saturated heterocycles. The third-order valence-corrected chi connectivity index (χ3v) is 5.52. The summed E-state index contributed by atoms with van der Waals surface area (Å²) in [4.78, 5) is 8.87. The standard InChI is InChI=1S/C20H14N6S/c1-26-20(23-24-25-26)27-19-17-11-14(9-10-18(17)21-12-22-19)16-8-4-6-13-5-2-3-7-15(13)16/h2-12H,1H3. The number of tetrazole rings is 1. The first-order chi connectivity index (χ1) is 13.3. The molecule has 0 N–H and O–H groups in total. The Morgan fingerprint density at radius 2 is 1.78 bits per heavy atom. The van der Waals surface area contributed by atoms with Crippen LogP contribution in [0, 0.1) is 0 Å². The molecule has 0 atom stereocenters. The van der Waals surface area contributed by atoms with Crippen molar-refractivity contribution < 1.29 is 0 Å². The van der Waals surface area contributed by atoms with Crippen molar-refractivity contribution in [3.8, 4) is 11.1 Å². The highest BCUT2D eigenvalue weighted by Crippen LogP contribution is 2.34. The van der Waals surface area contributed by atoms with Crippen molar-refractivity contribution in [3.63, 3.8) is 0 Å². The Hall–Kier alpha value is -3.32. The molecule has 0 aliphatic heterocycles. The van der Waals surface area contributed by atoms with Crippen LogP contribution >= 0.6 is 11.8 Å². The summed E-state index contributed by atoms with van der Waals surface area (Å²) in [6, 6.07) is 21.1. The van der Waals surface area contributed by atoms with Gasteiger partial charge in [-0.05, 0) is 56.2 Å². The number of fused-ring (bicyclic) bond motifs is 2. The van der Waals surface area contributed by atoms with Gasteiger partial charge in [-0.3, -0.25) is 0 Å². The van der Waals surface area contributed by atoms with E-state index in [1.165, 1.54) is 28.1 Å². The summed E-state index contributed by atoms with van der Waals surface area (Å²) in [5, 5.41) is 16.6. The molecular weight excluding hydrogens is 356 g/mol. The van der Waals surface area contributed by atoms with E-state index in [0.717, 1.165) is 21.5 Å². The van der Waals surface area contributed by atoms with Gasteiger partial charge in [-0.25, -0.2) is 14.6 Å². The van der Waals surface area contributed by atoms with Gasteiger partial charge in [-0.15, -0.1) is 5.10 Å². The maximum atomic E-state index is 4.46. The molecule has 2 aromatic heterocycles. The van der Waals surface area contributed by atoms with Crippen LogP contribution in [0.5, 0.6) is 0 Å². The van der Waals surface area contributed by atoms with Crippen LogP contribution in [0.4, 0.5) is 0 Å². The topological polar surface area (TPSA) is 69.4 Å². The molecule has 3 aromatic carbocycles. The van der Waals surface area contributed by atoms with Gasteiger partial charge in [0.2, 0.25) is 5.16 Å². The molecule has 5 rings (SSSR count). The number of hydrogen-bond acceptors (Lipinski definition) is 6. The lowest BCUT2D eigenvalue weighted by atomic mass is 9.97. The molecule has 27 heavy (non-hydrogen) atoms. The van der Waals surface area contributed by atoms with Crippen LogP contribution in [0.3, 0.4) is 0 Å². The summed E-state index contributed by atoms with van der Waals surface area (Å²) in [6.45, 7) is 0. The maximum absolute atomic E-state index is 4.46. The second-order valence-electron chi connectivity index (χ2n) is 6.12. The highest BCUT2D eigenvalue weighted by molar-refractivity contribution is 7.99. The van der Waals surface area contributed by atoms with E-state index in [2.05, 4.69) is 80.1 Å². The van der Waals surface area contributed by atoms with Crippen molar-refractivity contribution in [2.75, 3.05) is 0 Å². The highest BCUT2D eigenvalue weighted by atomic mass is 32.2. The van der Waals surface area contributed by atoms with Gasteiger partial charge in [-0.2, -0.15) is 0 Å². The summed E-state index contributed by atoms with van der Waals surface area (Å²) in [7, 11) is 1.81. The maximum Gasteiger partial charge on any atom is 0.215 e. The molecule has 2 heterocycles. The minimum atomic E-state index is 0.686. The number of hydrogen-bond donors (Lipinski definition) is 0. The number of aromatic nitrogens is 6. The molecule has 130 valence electrons. The van der Waals surface area contributed by atoms with Crippen LogP contribution in [-0.4, -0.2) is 30.2 Å². The van der Waals surface area contributed by atoms with Gasteiger partial charge >= 0.3 is 0 Å². The molecule has 0 amide bonds. The van der Waals surface area contributed by atoms with Gasteiger partial charge in [0.1, 0.15) is 11.4 Å². The van der Waals surface area contributed by atoms with Gasteiger partial charge in [0.25, 0.3) is 0 Å². The minimum absolute atomic E-state index is 0.686. The minimum Gasteiger partial charge on any atom is -0.236 e. The third-order valence-electron chi connectivity index (χ3n) is 4.47. The van der Waals surface area contributed by atoms with Crippen molar-refractivity contribution in [2.45, 2.75) is 10.2 Å². The molecule has 0 aliphatic carbocycles. The van der Waals surface area contributed by atoms with Crippen LogP contribution in [-0.2, 0) is 7.05 Å². The molecule has 6 nitrogen and oxygen atoms in total. The summed E-state index contributed by atoms with van der Waals surface area (Å²) in [5.41, 5.74) is 3.22. The lowest BCUT2D eigenvalue weighted by Gasteiger charge is -2.09. The molecular formula is C20H14N6S. The zero-order valence-corrected chi connectivity index (χ0v) is 15.3. The van der Waals surface area contributed by atoms with Gasteiger partial charge in [-0.1, -0.05) is 48.5 Å². The molecule has 0 saturated carbocycles. The number of rotatable bonds is 3. The Morgan fingerprint density at radius 1 is 0.889 bits per heavy atom. The van der Waals surface area contributed by atoms with Crippen LogP contribution < -0.4 is 0 Å². The van der Waals surface area contributed by atoms with E-state index in [0.29, 0.717) is 5.16 Å². The summed E-state index contributed by atoms with van der Waals surface area (Å²) in [5.74, 6) is 0. The van der Waals surface area contributed by atoms with Crippen LogP contribution in [0.25, 0.3) is 32.8 Å². The first-order valence-corrected chi connectivity index (χ1v) is 9.24. The number of aryl methyl sites for hydroxylation is 1. The van der Waals surface area contributed by atoms with E-state index < -0.39 is 0 Å². The first-order valence-electron chi connectivity index (χ1n) is 8.43. The predicted molar refractivity (Wildman–Crippen MR) is 105 cm³/mol. The van der Waals surface area contributed by atoms with Crippen molar-refractivity contribution in [1.82, 2.24) is 30.2 Å². The molecule has 0 unspecified atom stereocenters. The fraction of sp³-hybridized carbons (Fsp3) is 0.0500. The molecule has 5 aromatic rings. The Balaban J connectivity index is 1.68. The third kappa shape index (κ3) is 2.82. The average molecular weight is 370 g/mol. The Bertz CT molecular complexity index is 1270. The predicted octanol–water partition coefficient (Wildman–Crippen LogP) is 4.12. The van der Waals surface area contributed by atoms with E-state index >= 15 is 0 Å². The molecule has 0 radical (unpaired) electrons. The van der Waals surface area contributed by atoms with Gasteiger partial charge in [0.15, 0.2) is 0 Å². The quantitative estimate of drug-likeness (QED) is 0.445. The largest absolute Gasteiger partial charge is 0.236 e. The Labute approximate surface area is 159 Å². The highest BCUT2D eigenvalue weighted by Gasteiger charge is 2.12. The van der Waals surface area contributed by atoms with E-state index in [1.54, 1.807) is 11.0 Å². The smallest absolute Gasteiger partial charge is 0.215 e. The monoisotopic (exact) mass is 370 g/mol. The number of nitrogens with zero attached hydrogens (tertiary/aromatic N) is 6. The van der Waals surface area contributed by atoms with Crippen LogP contribution in [0.2, 0.25) is 0 Å². The zero-order chi connectivity index (χ0) is 18.2. The molecule has 7 heteroatoms. The zero-order valence-electron chi connectivity index (χ0n) is 14.4. The second-order valence-corrected chi connectivity index (χ2v) is 7.08. The van der Waals surface area contributed by atoms with Crippen molar-refractivity contribution in [1.29, 1.82) is 0 Å². The average Bonchev–Trinajstić information content (AvgIpc) is 3.12. The first kappa shape index (κ1) is 15.9. The van der Waals surface area contributed by atoms with E-state index in [4.69, 9.17) is 0 Å². The molecule has 0 aliphatic rings. The normalized spacial score (nSPS) is 11.3. The van der Waals surface area contributed by atoms with Crippen molar-refractivity contribution in [3.05, 3.63) is 67.0 Å². The van der Waals surface area contributed by atoms with E-state index in [9.17, 15) is 0 Å². The fourth-order valence-electron chi connectivity index (χ4n) is 3.15. The Kier molecular flexibility index (Phi) is 3.79. The fourth-order valence-corrected chi connectivity index (χ4v) is 3.95. The van der Waals surface area contributed by atoms with Crippen molar-refractivity contribution in [2.24, 2.45) is 7.05 Å². The summed E-state index contributed by atoms with van der Waals surface area (Å²) in [6.07, 6.45) is 1.58. The second kappa shape index (κ2) is 6.44. The molecule has 0 spiro atoms. The van der Waals surface area contributed by atoms with E-state index in [1.807, 2.05) is 13.1 Å². The van der Waals surface area contributed by atoms with Gasteiger partial charge in [0.05, 0.1) is 5.52 Å². The van der Waals surface area contributed by atoms with Crippen molar-refractivity contribution >= 4 is 33.4 Å². The lowest BCUT2D eigenvalue weighted by Crippen LogP contribution is -1.94. The number of benzene rings is 3. The SMILES string of the molecule is Cn1nnnc1Sc1ncnc2ccc(-c3cccc4ccccc34)cc12. The van der Waals surface area contributed by atoms with Crippen LogP contribution in [0.15, 0.2) is 77.2 Å². The summed E-state index contributed by atoms with van der Waals surface area (Å²) >= 11 is 1.43. The van der Waals surface area contributed by atoms with Gasteiger partial charge in [0, 0.05) is 12.4 Å². The van der Waals surface area contributed by atoms with Gasteiger partial charge < -0.3 is 0 Å².